The molecule has 0 radical (unpaired) electrons. The van der Waals surface area contributed by atoms with Gasteiger partial charge in [-0.25, -0.2) is 14.4 Å². The molecule has 0 bridgehead atoms. The van der Waals surface area contributed by atoms with Crippen molar-refractivity contribution in [2.45, 2.75) is 39.3 Å². The van der Waals surface area contributed by atoms with Gasteiger partial charge in [-0.05, 0) is 58.0 Å². The number of carbonyl (C=O) groups is 3. The maximum Gasteiger partial charge on any atom is 0.338 e. The summed E-state index contributed by atoms with van der Waals surface area (Å²) in [4.78, 5) is 34.9. The van der Waals surface area contributed by atoms with E-state index in [2.05, 4.69) is 37.1 Å². The maximum atomic E-state index is 12.5. The molecule has 0 saturated carbocycles. The smallest absolute Gasteiger partial charge is 0.338 e. The van der Waals surface area contributed by atoms with Crippen molar-refractivity contribution in [3.05, 3.63) is 78.0 Å². The number of esters is 1. The molecule has 0 fully saturated rings. The number of H-pyrrole nitrogens is 1. The van der Waals surface area contributed by atoms with Gasteiger partial charge in [0.1, 0.15) is 18.5 Å². The summed E-state index contributed by atoms with van der Waals surface area (Å²) in [6.45, 7) is 9.02. The van der Waals surface area contributed by atoms with E-state index >= 15 is 0 Å². The minimum Gasteiger partial charge on any atom is -0.489 e. The van der Waals surface area contributed by atoms with Gasteiger partial charge < -0.3 is 30.0 Å². The minimum absolute atomic E-state index is 0.0881. The summed E-state index contributed by atoms with van der Waals surface area (Å²) >= 11 is 0. The number of ether oxygens (including phenoxy) is 2. The molecule has 1 unspecified atom stereocenters. The molecule has 192 valence electrons. The molecule has 0 spiro atoms. The SMILES string of the molecule is Cc1cc2c(OCC(CNC(C)(C)C)OC(=O)c3ccccc3)cccc2[nH]1.O=C(O)/C=C/C(=O)O. The van der Waals surface area contributed by atoms with Crippen molar-refractivity contribution in [2.24, 2.45) is 0 Å². The molecule has 2 aromatic carbocycles. The molecule has 1 aromatic heterocycles. The van der Waals surface area contributed by atoms with Gasteiger partial charge in [0.05, 0.1) is 5.56 Å². The van der Waals surface area contributed by atoms with Crippen molar-refractivity contribution >= 4 is 28.8 Å². The first-order valence-corrected chi connectivity index (χ1v) is 11.3. The topological polar surface area (TPSA) is 138 Å². The lowest BCUT2D eigenvalue weighted by Crippen LogP contribution is -2.44. The predicted molar refractivity (Wildman–Crippen MR) is 136 cm³/mol. The first kappa shape index (κ1) is 28.1. The molecule has 3 aromatic rings. The fraction of sp³-hybridized carbons (Fsp3) is 0.296. The summed E-state index contributed by atoms with van der Waals surface area (Å²) < 4.78 is 11.8. The van der Waals surface area contributed by atoms with Gasteiger partial charge in [0, 0.05) is 40.8 Å². The van der Waals surface area contributed by atoms with E-state index in [9.17, 15) is 14.4 Å². The standard InChI is InChI=1S/C23H28N2O3.C4H4O4/c1-16-13-19-20(25-16)11-8-12-21(19)27-15-18(14-24-23(2,3)4)28-22(26)17-9-6-5-7-10-17;5-3(6)1-2-4(7)8/h5-13,18,24-25H,14-15H2,1-4H3;1-2H,(H,5,6)(H,7,8)/b;2-1+. The number of aromatic nitrogens is 1. The molecule has 0 aliphatic rings. The van der Waals surface area contributed by atoms with Gasteiger partial charge in [0.15, 0.2) is 0 Å². The van der Waals surface area contributed by atoms with E-state index in [1.807, 2.05) is 43.3 Å². The minimum atomic E-state index is -1.26. The molecular weight excluding hydrogens is 464 g/mol. The van der Waals surface area contributed by atoms with E-state index in [0.29, 0.717) is 24.3 Å². The molecule has 9 nitrogen and oxygen atoms in total. The summed E-state index contributed by atoms with van der Waals surface area (Å²) in [6, 6.07) is 17.0. The Bertz CT molecular complexity index is 1180. The van der Waals surface area contributed by atoms with Crippen molar-refractivity contribution in [1.82, 2.24) is 10.3 Å². The van der Waals surface area contributed by atoms with Crippen LogP contribution in [0.1, 0.15) is 36.8 Å². The summed E-state index contributed by atoms with van der Waals surface area (Å²) in [7, 11) is 0. The van der Waals surface area contributed by atoms with E-state index < -0.39 is 18.0 Å². The number of hydrogen-bond donors (Lipinski definition) is 4. The van der Waals surface area contributed by atoms with Crippen LogP contribution in [0.4, 0.5) is 0 Å². The lowest BCUT2D eigenvalue weighted by atomic mass is 10.1. The second-order valence-corrected chi connectivity index (χ2v) is 9.01. The van der Waals surface area contributed by atoms with Crippen molar-refractivity contribution in [3.8, 4) is 5.75 Å². The number of nitrogens with one attached hydrogen (secondary N) is 2. The Morgan fingerprint density at radius 3 is 2.22 bits per heavy atom. The number of carbonyl (C=O) groups excluding carboxylic acids is 1. The number of aromatic amines is 1. The largest absolute Gasteiger partial charge is 0.489 e. The summed E-state index contributed by atoms with van der Waals surface area (Å²) in [6.07, 6.45) is 0.701. The number of carboxylic acids is 2. The van der Waals surface area contributed by atoms with Gasteiger partial charge in [-0.1, -0.05) is 24.3 Å². The van der Waals surface area contributed by atoms with Crippen LogP contribution in [0.25, 0.3) is 10.9 Å². The van der Waals surface area contributed by atoms with E-state index in [4.69, 9.17) is 19.7 Å². The third-order valence-electron chi connectivity index (χ3n) is 4.70. The van der Waals surface area contributed by atoms with Crippen LogP contribution >= 0.6 is 0 Å². The summed E-state index contributed by atoms with van der Waals surface area (Å²) in [5.41, 5.74) is 2.55. The number of rotatable bonds is 9. The molecule has 0 saturated heterocycles. The van der Waals surface area contributed by atoms with Gasteiger partial charge in [0.2, 0.25) is 0 Å². The highest BCUT2D eigenvalue weighted by atomic mass is 16.6. The number of aryl methyl sites for hydroxylation is 1. The van der Waals surface area contributed by atoms with Crippen LogP contribution in [-0.4, -0.2) is 57.9 Å². The van der Waals surface area contributed by atoms with E-state index in [-0.39, 0.29) is 18.1 Å². The van der Waals surface area contributed by atoms with Crippen LogP contribution in [0.15, 0.2) is 66.7 Å². The van der Waals surface area contributed by atoms with Gasteiger partial charge >= 0.3 is 17.9 Å². The Morgan fingerprint density at radius 2 is 1.64 bits per heavy atom. The third kappa shape index (κ3) is 10.0. The lowest BCUT2D eigenvalue weighted by Gasteiger charge is -2.25. The fourth-order valence-corrected chi connectivity index (χ4v) is 3.07. The molecule has 3 rings (SSSR count). The predicted octanol–water partition coefficient (Wildman–Crippen LogP) is 4.18. The van der Waals surface area contributed by atoms with Crippen LogP contribution in [-0.2, 0) is 14.3 Å². The van der Waals surface area contributed by atoms with Crippen LogP contribution in [0.5, 0.6) is 5.75 Å². The number of hydrogen-bond acceptors (Lipinski definition) is 6. The molecule has 36 heavy (non-hydrogen) atoms. The average molecular weight is 497 g/mol. The average Bonchev–Trinajstić information content (AvgIpc) is 3.20. The van der Waals surface area contributed by atoms with E-state index in [1.165, 1.54) is 0 Å². The van der Waals surface area contributed by atoms with Gasteiger partial charge in [-0.2, -0.15) is 0 Å². The number of carboxylic acid groups (broad SMARTS) is 2. The quantitative estimate of drug-likeness (QED) is 0.256. The highest BCUT2D eigenvalue weighted by molar-refractivity contribution is 5.90. The van der Waals surface area contributed by atoms with E-state index in [1.54, 1.807) is 12.1 Å². The van der Waals surface area contributed by atoms with Gasteiger partial charge in [-0.3, -0.25) is 0 Å². The Balaban J connectivity index is 0.000000493. The van der Waals surface area contributed by atoms with Crippen molar-refractivity contribution in [2.75, 3.05) is 13.2 Å². The van der Waals surface area contributed by atoms with Crippen LogP contribution in [0, 0.1) is 6.92 Å². The number of fused-ring (bicyclic) bond motifs is 1. The Hall–Kier alpha value is -4.11. The molecule has 9 heteroatoms. The van der Waals surface area contributed by atoms with Crippen molar-refractivity contribution < 1.29 is 34.1 Å². The molecule has 0 aliphatic heterocycles. The molecule has 1 atom stereocenters. The van der Waals surface area contributed by atoms with Gasteiger partial charge in [0.25, 0.3) is 0 Å². The molecule has 1 heterocycles. The van der Waals surface area contributed by atoms with Crippen molar-refractivity contribution in [1.29, 1.82) is 0 Å². The molecular formula is C27H32N2O7. The highest BCUT2D eigenvalue weighted by Gasteiger charge is 2.20. The number of aliphatic carboxylic acids is 2. The first-order chi connectivity index (χ1) is 16.9. The zero-order valence-electron chi connectivity index (χ0n) is 20.8. The number of benzene rings is 2. The Kier molecular flexibility index (Phi) is 10.2. The molecule has 0 amide bonds. The zero-order valence-corrected chi connectivity index (χ0v) is 20.8. The summed E-state index contributed by atoms with van der Waals surface area (Å²) in [5, 5.41) is 20.0. The monoisotopic (exact) mass is 496 g/mol. The normalized spacial score (nSPS) is 12.0. The first-order valence-electron chi connectivity index (χ1n) is 11.3. The fourth-order valence-electron chi connectivity index (χ4n) is 3.07. The summed E-state index contributed by atoms with van der Waals surface area (Å²) in [5.74, 6) is -2.08. The zero-order chi connectivity index (χ0) is 26.7. The third-order valence-corrected chi connectivity index (χ3v) is 4.70. The second-order valence-electron chi connectivity index (χ2n) is 9.01. The van der Waals surface area contributed by atoms with E-state index in [0.717, 1.165) is 22.3 Å². The molecule has 0 aliphatic carbocycles. The maximum absolute atomic E-state index is 12.5. The highest BCUT2D eigenvalue weighted by Crippen LogP contribution is 2.26. The van der Waals surface area contributed by atoms with Crippen molar-refractivity contribution in [3.63, 3.8) is 0 Å². The Labute approximate surface area is 209 Å². The van der Waals surface area contributed by atoms with Crippen LogP contribution < -0.4 is 10.1 Å². The van der Waals surface area contributed by atoms with Gasteiger partial charge in [-0.15, -0.1) is 0 Å². The second kappa shape index (κ2) is 13.1. The Morgan fingerprint density at radius 1 is 1.00 bits per heavy atom. The van der Waals surface area contributed by atoms with Crippen LogP contribution in [0.3, 0.4) is 0 Å². The van der Waals surface area contributed by atoms with Crippen LogP contribution in [0.2, 0.25) is 0 Å². The molecule has 4 N–H and O–H groups in total. The lowest BCUT2D eigenvalue weighted by molar-refractivity contribution is -0.134.